The van der Waals surface area contributed by atoms with Gasteiger partial charge in [-0.05, 0) is 61.0 Å². The van der Waals surface area contributed by atoms with Gasteiger partial charge in [-0.2, -0.15) is 13.2 Å². The van der Waals surface area contributed by atoms with E-state index in [0.29, 0.717) is 49.9 Å². The number of carbonyl (C=O) groups is 2. The number of rotatable bonds is 10. The van der Waals surface area contributed by atoms with Gasteiger partial charge in [-0.15, -0.1) is 0 Å². The molecule has 0 atom stereocenters. The van der Waals surface area contributed by atoms with Gasteiger partial charge >= 0.3 is 12.2 Å². The third-order valence-corrected chi connectivity index (χ3v) is 6.65. The fourth-order valence-electron chi connectivity index (χ4n) is 4.35. The SMILES string of the molecule is Cc1ccc(CN(Cc2ccc(F)cc2)C(=O)CN(CCN2CCOCC2)C(=O)Nc2ccc(C(F)(F)F)cc2)o1. The van der Waals surface area contributed by atoms with E-state index in [-0.39, 0.29) is 37.8 Å². The molecule has 0 bridgehead atoms. The maximum Gasteiger partial charge on any atom is 0.416 e. The third kappa shape index (κ3) is 9.05. The van der Waals surface area contributed by atoms with Gasteiger partial charge in [0.1, 0.15) is 23.9 Å². The minimum atomic E-state index is -4.50. The molecule has 1 aromatic heterocycles. The number of nitrogens with zero attached hydrogens (tertiary/aromatic N) is 3. The minimum Gasteiger partial charge on any atom is -0.464 e. The third-order valence-electron chi connectivity index (χ3n) is 6.65. The molecule has 41 heavy (non-hydrogen) atoms. The number of benzene rings is 2. The summed E-state index contributed by atoms with van der Waals surface area (Å²) >= 11 is 0. The predicted octanol–water partition coefficient (Wildman–Crippen LogP) is 5.14. The van der Waals surface area contributed by atoms with Crippen LogP contribution in [0.25, 0.3) is 0 Å². The van der Waals surface area contributed by atoms with E-state index in [0.717, 1.165) is 12.1 Å². The summed E-state index contributed by atoms with van der Waals surface area (Å²) in [6, 6.07) is 12.8. The molecule has 3 amide bonds. The number of ether oxygens (including phenoxy) is 1. The van der Waals surface area contributed by atoms with E-state index in [1.807, 2.05) is 0 Å². The van der Waals surface area contributed by atoms with Crippen LogP contribution in [0.5, 0.6) is 0 Å². The minimum absolute atomic E-state index is 0.127. The molecule has 0 spiro atoms. The van der Waals surface area contributed by atoms with Crippen molar-refractivity contribution in [1.82, 2.24) is 14.7 Å². The van der Waals surface area contributed by atoms with E-state index in [1.165, 1.54) is 34.1 Å². The molecule has 4 rings (SSSR count). The summed E-state index contributed by atoms with van der Waals surface area (Å²) in [5.41, 5.74) is 0.0256. The van der Waals surface area contributed by atoms with E-state index in [9.17, 15) is 27.2 Å². The quantitative estimate of drug-likeness (QED) is 0.338. The van der Waals surface area contributed by atoms with Crippen LogP contribution >= 0.6 is 0 Å². The number of aryl methyl sites for hydroxylation is 1. The second-order valence-corrected chi connectivity index (χ2v) is 9.77. The Morgan fingerprint density at radius 2 is 1.61 bits per heavy atom. The second kappa shape index (κ2) is 13.6. The number of carbonyl (C=O) groups excluding carboxylic acids is 2. The van der Waals surface area contributed by atoms with Crippen molar-refractivity contribution in [1.29, 1.82) is 0 Å². The Morgan fingerprint density at radius 1 is 0.927 bits per heavy atom. The van der Waals surface area contributed by atoms with Crippen molar-refractivity contribution < 1.29 is 36.3 Å². The fraction of sp³-hybridized carbons (Fsp3) is 0.379. The van der Waals surface area contributed by atoms with Crippen molar-refractivity contribution in [2.24, 2.45) is 0 Å². The first-order valence-corrected chi connectivity index (χ1v) is 13.2. The monoisotopic (exact) mass is 576 g/mol. The number of hydrogen-bond acceptors (Lipinski definition) is 5. The van der Waals surface area contributed by atoms with Crippen LogP contribution in [-0.2, 0) is 28.8 Å². The average Bonchev–Trinajstić information content (AvgIpc) is 3.36. The van der Waals surface area contributed by atoms with Gasteiger partial charge in [-0.25, -0.2) is 9.18 Å². The number of alkyl halides is 3. The molecule has 1 N–H and O–H groups in total. The van der Waals surface area contributed by atoms with Crippen LogP contribution in [0.4, 0.5) is 28.0 Å². The maximum atomic E-state index is 13.6. The molecule has 2 aromatic carbocycles. The zero-order chi connectivity index (χ0) is 29.4. The summed E-state index contributed by atoms with van der Waals surface area (Å²) in [6.07, 6.45) is -4.50. The second-order valence-electron chi connectivity index (χ2n) is 9.77. The van der Waals surface area contributed by atoms with Crippen LogP contribution in [-0.4, -0.2) is 72.6 Å². The summed E-state index contributed by atoms with van der Waals surface area (Å²) in [5.74, 6) is 0.444. The fourth-order valence-corrected chi connectivity index (χ4v) is 4.35. The van der Waals surface area contributed by atoms with E-state index in [2.05, 4.69) is 10.2 Å². The Kier molecular flexibility index (Phi) is 10.0. The number of amides is 3. The van der Waals surface area contributed by atoms with Gasteiger partial charge in [0, 0.05) is 38.4 Å². The standard InChI is InChI=1S/C29H32F4N4O4/c1-21-2-11-26(41-21)19-37(18-22-3-7-24(30)8-4-22)27(38)20-36(13-12-35-14-16-40-17-15-35)28(39)34-25-9-5-23(6-10-25)29(31,32)33/h2-11H,12-20H2,1H3,(H,34,39). The van der Waals surface area contributed by atoms with Crippen LogP contribution in [0, 0.1) is 12.7 Å². The summed E-state index contributed by atoms with van der Waals surface area (Å²) in [6.45, 7) is 4.92. The van der Waals surface area contributed by atoms with Crippen molar-refractivity contribution in [3.8, 4) is 0 Å². The van der Waals surface area contributed by atoms with E-state index < -0.39 is 23.6 Å². The Labute approximate surface area is 235 Å². The molecule has 1 fully saturated rings. The van der Waals surface area contributed by atoms with Gasteiger partial charge in [0.2, 0.25) is 5.91 Å². The van der Waals surface area contributed by atoms with E-state index >= 15 is 0 Å². The normalized spacial score (nSPS) is 14.1. The summed E-state index contributed by atoms with van der Waals surface area (Å²) < 4.78 is 63.4. The lowest BCUT2D eigenvalue weighted by Gasteiger charge is -2.31. The Balaban J connectivity index is 1.50. The van der Waals surface area contributed by atoms with Crippen LogP contribution in [0.2, 0.25) is 0 Å². The highest BCUT2D eigenvalue weighted by Crippen LogP contribution is 2.29. The van der Waals surface area contributed by atoms with Gasteiger partial charge in [-0.3, -0.25) is 9.69 Å². The molecule has 0 radical (unpaired) electrons. The molecule has 0 saturated carbocycles. The molecule has 1 aliphatic heterocycles. The lowest BCUT2D eigenvalue weighted by molar-refractivity contribution is -0.137. The highest BCUT2D eigenvalue weighted by molar-refractivity contribution is 5.92. The first kappa shape index (κ1) is 30.1. The zero-order valence-electron chi connectivity index (χ0n) is 22.6. The van der Waals surface area contributed by atoms with Gasteiger partial charge in [-0.1, -0.05) is 12.1 Å². The average molecular weight is 577 g/mol. The number of halogens is 4. The van der Waals surface area contributed by atoms with Crippen molar-refractivity contribution in [3.63, 3.8) is 0 Å². The molecule has 1 aliphatic rings. The van der Waals surface area contributed by atoms with Gasteiger partial charge in [0.25, 0.3) is 0 Å². The van der Waals surface area contributed by atoms with Crippen molar-refractivity contribution >= 4 is 17.6 Å². The number of hydrogen-bond donors (Lipinski definition) is 1. The lowest BCUT2D eigenvalue weighted by atomic mass is 10.2. The largest absolute Gasteiger partial charge is 0.464 e. The Bertz CT molecular complexity index is 1290. The van der Waals surface area contributed by atoms with Gasteiger partial charge in [0.05, 0.1) is 25.3 Å². The molecule has 8 nitrogen and oxygen atoms in total. The lowest BCUT2D eigenvalue weighted by Crippen LogP contribution is -2.48. The number of anilines is 1. The zero-order valence-corrected chi connectivity index (χ0v) is 22.6. The first-order chi connectivity index (χ1) is 19.6. The van der Waals surface area contributed by atoms with E-state index in [1.54, 1.807) is 31.2 Å². The predicted molar refractivity (Wildman–Crippen MR) is 143 cm³/mol. The molecule has 12 heteroatoms. The molecular weight excluding hydrogens is 544 g/mol. The Morgan fingerprint density at radius 3 is 2.22 bits per heavy atom. The smallest absolute Gasteiger partial charge is 0.416 e. The topological polar surface area (TPSA) is 78.3 Å². The maximum absolute atomic E-state index is 13.6. The van der Waals surface area contributed by atoms with Crippen LogP contribution < -0.4 is 5.32 Å². The Hall–Kier alpha value is -3.90. The molecule has 2 heterocycles. The summed E-state index contributed by atoms with van der Waals surface area (Å²) in [4.78, 5) is 31.9. The molecule has 220 valence electrons. The molecule has 0 aliphatic carbocycles. The van der Waals surface area contributed by atoms with Gasteiger partial charge < -0.3 is 24.3 Å². The van der Waals surface area contributed by atoms with Crippen LogP contribution in [0.15, 0.2) is 65.1 Å². The highest BCUT2D eigenvalue weighted by Gasteiger charge is 2.30. The molecule has 1 saturated heterocycles. The number of urea groups is 1. The number of nitrogens with one attached hydrogen (secondary N) is 1. The van der Waals surface area contributed by atoms with E-state index in [4.69, 9.17) is 9.15 Å². The first-order valence-electron chi connectivity index (χ1n) is 13.2. The molecular formula is C29H32F4N4O4. The van der Waals surface area contributed by atoms with Crippen molar-refractivity contribution in [2.45, 2.75) is 26.2 Å². The number of morpholine rings is 1. The number of furan rings is 1. The van der Waals surface area contributed by atoms with Gasteiger partial charge in [0.15, 0.2) is 0 Å². The molecule has 3 aromatic rings. The highest BCUT2D eigenvalue weighted by atomic mass is 19.4. The van der Waals surface area contributed by atoms with Crippen molar-refractivity contribution in [2.75, 3.05) is 51.3 Å². The van der Waals surface area contributed by atoms with Crippen LogP contribution in [0.1, 0.15) is 22.6 Å². The molecule has 0 unspecified atom stereocenters. The summed E-state index contributed by atoms with van der Waals surface area (Å²) in [7, 11) is 0. The summed E-state index contributed by atoms with van der Waals surface area (Å²) in [5, 5.41) is 2.61. The van der Waals surface area contributed by atoms with Crippen molar-refractivity contribution in [3.05, 3.63) is 89.1 Å². The van der Waals surface area contributed by atoms with Crippen LogP contribution in [0.3, 0.4) is 0 Å².